The number of nitrogens with one attached hydrogen (secondary N) is 1. The Morgan fingerprint density at radius 1 is 1.25 bits per heavy atom. The molecule has 0 bridgehead atoms. The Morgan fingerprint density at radius 3 is 2.50 bits per heavy atom. The van der Waals surface area contributed by atoms with Crippen molar-refractivity contribution in [1.29, 1.82) is 0 Å². The van der Waals surface area contributed by atoms with Crippen LogP contribution in [0.5, 0.6) is 0 Å². The largest absolute Gasteiger partial charge is 0.335 e. The second-order valence-electron chi connectivity index (χ2n) is 4.45. The van der Waals surface area contributed by atoms with Gasteiger partial charge >= 0.3 is 13.3 Å². The Balaban J connectivity index is 2.35. The number of hydrogen-bond acceptors (Lipinski definition) is 4. The Bertz CT molecular complexity index is 694. The van der Waals surface area contributed by atoms with Crippen molar-refractivity contribution in [1.82, 2.24) is 9.55 Å². The van der Waals surface area contributed by atoms with Gasteiger partial charge in [-0.25, -0.2) is 4.79 Å². The van der Waals surface area contributed by atoms with E-state index in [1.165, 1.54) is 4.57 Å². The van der Waals surface area contributed by atoms with Crippen LogP contribution in [0, 0.1) is 0 Å². The van der Waals surface area contributed by atoms with Crippen LogP contribution in [0.2, 0.25) is 0 Å². The molecule has 0 radical (unpaired) electrons. The van der Waals surface area contributed by atoms with Crippen LogP contribution >= 0.6 is 7.60 Å². The number of fused-ring (bicyclic) bond motifs is 1. The third-order valence-corrected chi connectivity index (χ3v) is 5.05. The van der Waals surface area contributed by atoms with Crippen molar-refractivity contribution in [2.45, 2.75) is 20.0 Å². The maximum Gasteiger partial charge on any atom is 0.335 e. The molecule has 0 amide bonds. The van der Waals surface area contributed by atoms with Crippen molar-refractivity contribution in [3.63, 3.8) is 0 Å². The molecule has 0 aliphatic carbocycles. The highest BCUT2D eigenvalue weighted by molar-refractivity contribution is 7.53. The van der Waals surface area contributed by atoms with Crippen LogP contribution in [0.4, 0.5) is 0 Å². The van der Waals surface area contributed by atoms with Gasteiger partial charge in [0, 0.05) is 7.05 Å². The summed E-state index contributed by atoms with van der Waals surface area (Å²) in [7, 11) is -1.44. The van der Waals surface area contributed by atoms with Gasteiger partial charge in [0.2, 0.25) is 0 Å². The molecule has 1 aromatic heterocycles. The van der Waals surface area contributed by atoms with Crippen molar-refractivity contribution < 1.29 is 13.6 Å². The molecule has 1 heterocycles. The summed E-state index contributed by atoms with van der Waals surface area (Å²) >= 11 is 0. The molecule has 0 spiro atoms. The topological polar surface area (TPSA) is 73.3 Å². The lowest BCUT2D eigenvalue weighted by atomic mass is 10.2. The van der Waals surface area contributed by atoms with Crippen molar-refractivity contribution in [3.05, 3.63) is 34.2 Å². The first-order valence-electron chi connectivity index (χ1n) is 6.55. The van der Waals surface area contributed by atoms with E-state index in [4.69, 9.17) is 9.05 Å². The predicted molar refractivity (Wildman–Crippen MR) is 78.1 cm³/mol. The number of rotatable bonds is 6. The third kappa shape index (κ3) is 3.03. The average Bonchev–Trinajstić information content (AvgIpc) is 2.66. The second-order valence-corrected chi connectivity index (χ2v) is 6.50. The molecule has 6 nitrogen and oxygen atoms in total. The van der Waals surface area contributed by atoms with E-state index in [-0.39, 0.29) is 11.9 Å². The first-order valence-corrected chi connectivity index (χ1v) is 8.27. The molecule has 20 heavy (non-hydrogen) atoms. The number of benzene rings is 1. The summed E-state index contributed by atoms with van der Waals surface area (Å²) in [5, 5.41) is 0. The first kappa shape index (κ1) is 15.0. The molecule has 0 aliphatic heterocycles. The number of aryl methyl sites for hydroxylation is 1. The molecule has 1 aromatic carbocycles. The smallest absolute Gasteiger partial charge is 0.309 e. The van der Waals surface area contributed by atoms with Gasteiger partial charge in [-0.05, 0) is 31.5 Å². The van der Waals surface area contributed by atoms with Gasteiger partial charge in [-0.3, -0.25) is 9.13 Å². The van der Waals surface area contributed by atoms with Crippen LogP contribution in [0.15, 0.2) is 23.0 Å². The van der Waals surface area contributed by atoms with E-state index in [2.05, 4.69) is 4.98 Å². The summed E-state index contributed by atoms with van der Waals surface area (Å²) in [6.45, 7) is 4.24. The normalized spacial score (nSPS) is 12.2. The van der Waals surface area contributed by atoms with Gasteiger partial charge in [0.1, 0.15) is 0 Å². The highest BCUT2D eigenvalue weighted by atomic mass is 31.2. The molecule has 0 atom stereocenters. The fourth-order valence-corrected chi connectivity index (χ4v) is 3.80. The van der Waals surface area contributed by atoms with Crippen LogP contribution in [0.3, 0.4) is 0 Å². The second kappa shape index (κ2) is 5.95. The van der Waals surface area contributed by atoms with Crippen molar-refractivity contribution >= 4 is 18.6 Å². The number of nitrogens with zero attached hydrogens (tertiary/aromatic N) is 1. The van der Waals surface area contributed by atoms with Crippen LogP contribution in [-0.4, -0.2) is 22.8 Å². The first-order chi connectivity index (χ1) is 9.49. The van der Waals surface area contributed by atoms with Crippen molar-refractivity contribution in [3.8, 4) is 0 Å². The lowest BCUT2D eigenvalue weighted by molar-refractivity contribution is 0.219. The van der Waals surface area contributed by atoms with E-state index in [0.29, 0.717) is 13.2 Å². The quantitative estimate of drug-likeness (QED) is 0.832. The lowest BCUT2D eigenvalue weighted by Gasteiger charge is -2.17. The fourth-order valence-electron chi connectivity index (χ4n) is 2.11. The molecule has 0 saturated heterocycles. The highest BCUT2D eigenvalue weighted by Crippen LogP contribution is 2.51. The zero-order valence-corrected chi connectivity index (χ0v) is 12.8. The van der Waals surface area contributed by atoms with Crippen LogP contribution in [-0.2, 0) is 26.8 Å². The van der Waals surface area contributed by atoms with E-state index >= 15 is 0 Å². The van der Waals surface area contributed by atoms with Gasteiger partial charge in [0.15, 0.2) is 0 Å². The monoisotopic (exact) mass is 298 g/mol. The average molecular weight is 298 g/mol. The fraction of sp³-hybridized carbons (Fsp3) is 0.462. The zero-order chi connectivity index (χ0) is 14.8. The van der Waals surface area contributed by atoms with E-state index in [9.17, 15) is 9.36 Å². The van der Waals surface area contributed by atoms with E-state index in [1.54, 1.807) is 27.0 Å². The van der Waals surface area contributed by atoms with E-state index in [1.807, 2.05) is 12.1 Å². The summed E-state index contributed by atoms with van der Waals surface area (Å²) in [6.07, 6.45) is 0.198. The van der Waals surface area contributed by atoms with Gasteiger partial charge in [-0.1, -0.05) is 6.07 Å². The SMILES string of the molecule is CCOP(=O)(Cc1ccc2[nH]c(=O)n(C)c2c1)OCC. The molecule has 2 rings (SSSR count). The highest BCUT2D eigenvalue weighted by Gasteiger charge is 2.24. The zero-order valence-electron chi connectivity index (χ0n) is 11.9. The summed E-state index contributed by atoms with van der Waals surface area (Å²) in [5.41, 5.74) is 2.17. The van der Waals surface area contributed by atoms with Gasteiger partial charge in [0.05, 0.1) is 30.4 Å². The minimum absolute atomic E-state index is 0.171. The van der Waals surface area contributed by atoms with Crippen LogP contribution in [0.25, 0.3) is 11.0 Å². The van der Waals surface area contributed by atoms with Crippen LogP contribution < -0.4 is 5.69 Å². The molecule has 0 unspecified atom stereocenters. The van der Waals surface area contributed by atoms with E-state index < -0.39 is 7.60 Å². The summed E-state index contributed by atoms with van der Waals surface area (Å²) in [5.74, 6) is 0. The molecule has 7 heteroatoms. The Labute approximate surface area is 117 Å². The van der Waals surface area contributed by atoms with E-state index in [0.717, 1.165) is 16.6 Å². The van der Waals surface area contributed by atoms with Gasteiger partial charge in [0.25, 0.3) is 0 Å². The molecule has 0 aliphatic rings. The molecule has 110 valence electrons. The molecular formula is C13H19N2O4P. The Hall–Kier alpha value is -1.36. The van der Waals surface area contributed by atoms with Crippen molar-refractivity contribution in [2.24, 2.45) is 7.05 Å². The summed E-state index contributed by atoms with van der Waals surface area (Å²) in [6, 6.07) is 5.45. The summed E-state index contributed by atoms with van der Waals surface area (Å²) < 4.78 is 24.6. The Kier molecular flexibility index (Phi) is 4.48. The number of imidazole rings is 1. The minimum atomic E-state index is -3.13. The number of aromatic amines is 1. The molecule has 1 N–H and O–H groups in total. The maximum atomic E-state index is 12.5. The molecule has 0 fully saturated rings. The maximum absolute atomic E-state index is 12.5. The predicted octanol–water partition coefficient (Wildman–Crippen LogP) is 2.63. The molecule has 2 aromatic rings. The Morgan fingerprint density at radius 2 is 1.90 bits per heavy atom. The van der Waals surface area contributed by atoms with Gasteiger partial charge in [-0.2, -0.15) is 0 Å². The van der Waals surface area contributed by atoms with Gasteiger partial charge < -0.3 is 14.0 Å². The van der Waals surface area contributed by atoms with Crippen molar-refractivity contribution in [2.75, 3.05) is 13.2 Å². The molecule has 0 saturated carbocycles. The summed E-state index contributed by atoms with van der Waals surface area (Å²) in [4.78, 5) is 14.3. The standard InChI is InChI=1S/C13H19N2O4P/c1-4-18-20(17,19-5-2)9-10-6-7-11-12(8-10)15(3)13(16)14-11/h6-8H,4-5,9H2,1-3H3,(H,14,16). The number of H-pyrrole nitrogens is 1. The number of hydrogen-bond donors (Lipinski definition) is 1. The number of aromatic nitrogens is 2. The molecular weight excluding hydrogens is 279 g/mol. The third-order valence-electron chi connectivity index (χ3n) is 3.00. The minimum Gasteiger partial charge on any atom is -0.309 e. The lowest BCUT2D eigenvalue weighted by Crippen LogP contribution is -2.11. The van der Waals surface area contributed by atoms with Crippen LogP contribution in [0.1, 0.15) is 19.4 Å². The van der Waals surface area contributed by atoms with Gasteiger partial charge in [-0.15, -0.1) is 0 Å².